The zero-order valence-electron chi connectivity index (χ0n) is 10.5. The minimum atomic E-state index is -0.328. The third-order valence-electron chi connectivity index (χ3n) is 3.04. The zero-order valence-corrected chi connectivity index (χ0v) is 12.8. The van der Waals surface area contributed by atoms with Crippen molar-refractivity contribution >= 4 is 57.2 Å². The summed E-state index contributed by atoms with van der Waals surface area (Å²) in [4.78, 5) is 12.4. The highest BCUT2D eigenvalue weighted by Crippen LogP contribution is 2.31. The maximum absolute atomic E-state index is 12.4. The molecule has 1 heterocycles. The van der Waals surface area contributed by atoms with Crippen LogP contribution in [-0.2, 0) is 0 Å². The first-order chi connectivity index (χ1) is 9.95. The van der Waals surface area contributed by atoms with Gasteiger partial charge >= 0.3 is 0 Å². The molecule has 6 heteroatoms. The Morgan fingerprint density at radius 1 is 1.00 bits per heavy atom. The van der Waals surface area contributed by atoms with Crippen molar-refractivity contribution in [1.29, 1.82) is 0 Å². The number of benzene rings is 2. The van der Waals surface area contributed by atoms with Crippen LogP contribution >= 0.6 is 34.8 Å². The van der Waals surface area contributed by atoms with E-state index in [9.17, 15) is 4.79 Å². The number of halogens is 3. The quantitative estimate of drug-likeness (QED) is 0.515. The maximum Gasteiger partial charge on any atom is 0.228 e. The summed E-state index contributed by atoms with van der Waals surface area (Å²) in [5.41, 5.74) is 6.78. The molecule has 0 fully saturated rings. The van der Waals surface area contributed by atoms with Crippen molar-refractivity contribution in [2.24, 2.45) is 0 Å². The van der Waals surface area contributed by atoms with E-state index >= 15 is 0 Å². The van der Waals surface area contributed by atoms with Crippen molar-refractivity contribution in [2.75, 3.05) is 5.73 Å². The van der Waals surface area contributed by atoms with E-state index in [0.29, 0.717) is 16.2 Å². The lowest BCUT2D eigenvalue weighted by Gasteiger charge is -2.04. The predicted octanol–water partition coefficient (Wildman–Crippen LogP) is 5.21. The van der Waals surface area contributed by atoms with Crippen LogP contribution in [0.2, 0.25) is 15.1 Å². The SMILES string of the molecule is Nc1c(Cl)cc(C(=O)c2cc3cc(Cl)ccc3o2)cc1Cl. The minimum absolute atomic E-state index is 0.184. The van der Waals surface area contributed by atoms with Gasteiger partial charge in [0.15, 0.2) is 5.76 Å². The van der Waals surface area contributed by atoms with Gasteiger partial charge in [-0.1, -0.05) is 34.8 Å². The van der Waals surface area contributed by atoms with E-state index in [0.717, 1.165) is 5.39 Å². The molecule has 3 rings (SSSR count). The van der Waals surface area contributed by atoms with Gasteiger partial charge in [0.25, 0.3) is 0 Å². The molecule has 0 spiro atoms. The summed E-state index contributed by atoms with van der Waals surface area (Å²) in [6.07, 6.45) is 0. The van der Waals surface area contributed by atoms with Crippen molar-refractivity contribution in [1.82, 2.24) is 0 Å². The van der Waals surface area contributed by atoms with Crippen molar-refractivity contribution < 1.29 is 9.21 Å². The molecular weight excluding hydrogens is 333 g/mol. The van der Waals surface area contributed by atoms with E-state index < -0.39 is 0 Å². The molecule has 21 heavy (non-hydrogen) atoms. The molecule has 2 aromatic carbocycles. The van der Waals surface area contributed by atoms with Crippen LogP contribution in [-0.4, -0.2) is 5.78 Å². The lowest BCUT2D eigenvalue weighted by molar-refractivity contribution is 0.101. The van der Waals surface area contributed by atoms with Crippen LogP contribution in [0.4, 0.5) is 5.69 Å². The van der Waals surface area contributed by atoms with Gasteiger partial charge in [-0.05, 0) is 36.4 Å². The van der Waals surface area contributed by atoms with E-state index in [1.807, 2.05) is 0 Å². The number of rotatable bonds is 2. The van der Waals surface area contributed by atoms with Crippen molar-refractivity contribution in [3.63, 3.8) is 0 Å². The number of hydrogen-bond donors (Lipinski definition) is 1. The Morgan fingerprint density at radius 3 is 2.33 bits per heavy atom. The highest BCUT2D eigenvalue weighted by Gasteiger charge is 2.17. The van der Waals surface area contributed by atoms with Crippen LogP contribution in [0.15, 0.2) is 40.8 Å². The van der Waals surface area contributed by atoms with Gasteiger partial charge in [-0.3, -0.25) is 4.79 Å². The average Bonchev–Trinajstić information content (AvgIpc) is 2.86. The van der Waals surface area contributed by atoms with Crippen LogP contribution < -0.4 is 5.73 Å². The maximum atomic E-state index is 12.4. The Labute approximate surface area is 135 Å². The second-order valence-corrected chi connectivity index (χ2v) is 5.73. The van der Waals surface area contributed by atoms with Gasteiger partial charge in [-0.25, -0.2) is 0 Å². The molecule has 0 saturated carbocycles. The van der Waals surface area contributed by atoms with E-state index in [1.54, 1.807) is 24.3 Å². The van der Waals surface area contributed by atoms with E-state index in [1.165, 1.54) is 12.1 Å². The molecular formula is C15H8Cl3NO2. The number of carbonyl (C=O) groups excluding carboxylic acids is 1. The summed E-state index contributed by atoms with van der Waals surface area (Å²) >= 11 is 17.8. The lowest BCUT2D eigenvalue weighted by Crippen LogP contribution is -2.01. The van der Waals surface area contributed by atoms with Crippen molar-refractivity contribution in [3.8, 4) is 0 Å². The summed E-state index contributed by atoms with van der Waals surface area (Å²) in [5.74, 6) is -0.143. The fourth-order valence-corrected chi connectivity index (χ4v) is 2.65. The molecule has 0 bridgehead atoms. The van der Waals surface area contributed by atoms with E-state index in [-0.39, 0.29) is 27.3 Å². The van der Waals surface area contributed by atoms with Gasteiger partial charge in [0.2, 0.25) is 5.78 Å². The predicted molar refractivity (Wildman–Crippen MR) is 85.5 cm³/mol. The molecule has 2 N–H and O–H groups in total. The number of hydrogen-bond acceptors (Lipinski definition) is 3. The fraction of sp³-hybridized carbons (Fsp3) is 0. The minimum Gasteiger partial charge on any atom is -0.453 e. The summed E-state index contributed by atoms with van der Waals surface area (Å²) in [6, 6.07) is 9.67. The molecule has 3 nitrogen and oxygen atoms in total. The molecule has 0 aliphatic carbocycles. The molecule has 3 aromatic rings. The molecule has 0 aliphatic rings. The fourth-order valence-electron chi connectivity index (χ4n) is 1.98. The van der Waals surface area contributed by atoms with Crippen molar-refractivity contribution in [3.05, 3.63) is 62.8 Å². The molecule has 0 amide bonds. The third kappa shape index (κ3) is 2.60. The third-order valence-corrected chi connectivity index (χ3v) is 3.90. The average molecular weight is 341 g/mol. The Hall–Kier alpha value is -1.68. The molecule has 0 radical (unpaired) electrons. The Bertz CT molecular complexity index is 847. The first kappa shape index (κ1) is 14.3. The first-order valence-electron chi connectivity index (χ1n) is 5.94. The topological polar surface area (TPSA) is 56.2 Å². The number of nitrogens with two attached hydrogens (primary N) is 1. The Kier molecular flexibility index (Phi) is 3.57. The zero-order chi connectivity index (χ0) is 15.1. The standard InChI is InChI=1S/C15H8Cl3NO2/c16-9-1-2-12-7(3-9)6-13(21-12)15(20)8-4-10(17)14(19)11(18)5-8/h1-6H,19H2. The lowest BCUT2D eigenvalue weighted by atomic mass is 10.1. The van der Waals surface area contributed by atoms with Crippen LogP contribution in [0.5, 0.6) is 0 Å². The van der Waals surface area contributed by atoms with Crippen molar-refractivity contribution in [2.45, 2.75) is 0 Å². The van der Waals surface area contributed by atoms with Gasteiger partial charge in [-0.2, -0.15) is 0 Å². The number of fused-ring (bicyclic) bond motifs is 1. The highest BCUT2D eigenvalue weighted by molar-refractivity contribution is 6.39. The summed E-state index contributed by atoms with van der Waals surface area (Å²) in [5, 5.41) is 1.77. The highest BCUT2D eigenvalue weighted by atomic mass is 35.5. The number of nitrogen functional groups attached to an aromatic ring is 1. The Morgan fingerprint density at radius 2 is 1.67 bits per heavy atom. The first-order valence-corrected chi connectivity index (χ1v) is 7.07. The van der Waals surface area contributed by atoms with E-state index in [2.05, 4.69) is 0 Å². The van der Waals surface area contributed by atoms with Gasteiger partial charge < -0.3 is 10.2 Å². The molecule has 106 valence electrons. The second-order valence-electron chi connectivity index (χ2n) is 4.48. The normalized spacial score (nSPS) is 11.0. The summed E-state index contributed by atoms with van der Waals surface area (Å²) < 4.78 is 5.52. The summed E-state index contributed by atoms with van der Waals surface area (Å²) in [6.45, 7) is 0. The van der Waals surface area contributed by atoms with Gasteiger partial charge in [-0.15, -0.1) is 0 Å². The largest absolute Gasteiger partial charge is 0.453 e. The summed E-state index contributed by atoms with van der Waals surface area (Å²) in [7, 11) is 0. The molecule has 0 unspecified atom stereocenters. The van der Waals surface area contributed by atoms with Gasteiger partial charge in [0.1, 0.15) is 5.58 Å². The molecule has 1 aromatic heterocycles. The molecule has 0 atom stereocenters. The molecule has 0 aliphatic heterocycles. The Balaban J connectivity index is 2.08. The smallest absolute Gasteiger partial charge is 0.228 e. The van der Waals surface area contributed by atoms with Crippen LogP contribution in [0.25, 0.3) is 11.0 Å². The number of furan rings is 1. The van der Waals surface area contributed by atoms with Crippen LogP contribution in [0, 0.1) is 0 Å². The second kappa shape index (κ2) is 5.26. The van der Waals surface area contributed by atoms with Crippen LogP contribution in [0.3, 0.4) is 0 Å². The number of ketones is 1. The van der Waals surface area contributed by atoms with Crippen LogP contribution in [0.1, 0.15) is 16.1 Å². The van der Waals surface area contributed by atoms with Gasteiger partial charge in [0.05, 0.1) is 15.7 Å². The number of carbonyl (C=O) groups is 1. The van der Waals surface area contributed by atoms with Gasteiger partial charge in [0, 0.05) is 16.0 Å². The monoisotopic (exact) mass is 339 g/mol. The van der Waals surface area contributed by atoms with E-state index in [4.69, 9.17) is 45.0 Å². The molecule has 0 saturated heterocycles. The number of anilines is 1.